The molecule has 1 saturated heterocycles. The minimum atomic E-state index is 0.194. The summed E-state index contributed by atoms with van der Waals surface area (Å²) in [4.78, 5) is 2.52. The first-order valence-electron chi connectivity index (χ1n) is 6.90. The quantitative estimate of drug-likeness (QED) is 0.886. The summed E-state index contributed by atoms with van der Waals surface area (Å²) in [5.41, 5.74) is 4.22. The molecule has 0 aromatic heterocycles. The van der Waals surface area contributed by atoms with E-state index in [9.17, 15) is 0 Å². The predicted molar refractivity (Wildman–Crippen MR) is 77.2 cm³/mol. The Kier molecular flexibility index (Phi) is 3.67. The Labute approximate surface area is 111 Å². The summed E-state index contributed by atoms with van der Waals surface area (Å²) in [5, 5.41) is 9.13. The molecule has 1 fully saturated rings. The Morgan fingerprint density at radius 1 is 1.33 bits per heavy atom. The van der Waals surface area contributed by atoms with E-state index in [0.29, 0.717) is 12.5 Å². The van der Waals surface area contributed by atoms with Crippen molar-refractivity contribution in [2.45, 2.75) is 46.1 Å². The zero-order chi connectivity index (χ0) is 13.3. The van der Waals surface area contributed by atoms with Crippen LogP contribution in [0.15, 0.2) is 18.2 Å². The second-order valence-electron chi connectivity index (χ2n) is 6.30. The summed E-state index contributed by atoms with van der Waals surface area (Å²) >= 11 is 0. The maximum absolute atomic E-state index is 9.13. The van der Waals surface area contributed by atoms with Crippen LogP contribution < -0.4 is 4.90 Å². The summed E-state index contributed by atoms with van der Waals surface area (Å²) in [6, 6.07) is 6.69. The van der Waals surface area contributed by atoms with Gasteiger partial charge in [0.05, 0.1) is 0 Å². The molecule has 0 spiro atoms. The standard InChI is InChI=1S/C16H25NO/c1-12-5-6-15(13(2)9-12)17-11-14(7-8-18)10-16(17,3)4/h5-6,9,14,18H,7-8,10-11H2,1-4H3. The van der Waals surface area contributed by atoms with Gasteiger partial charge in [-0.3, -0.25) is 0 Å². The van der Waals surface area contributed by atoms with Gasteiger partial charge in [-0.15, -0.1) is 0 Å². The molecule has 100 valence electrons. The molecule has 0 radical (unpaired) electrons. The smallest absolute Gasteiger partial charge is 0.0434 e. The third kappa shape index (κ3) is 2.54. The number of aliphatic hydroxyl groups is 1. The van der Waals surface area contributed by atoms with Crippen molar-refractivity contribution in [1.29, 1.82) is 0 Å². The van der Waals surface area contributed by atoms with Gasteiger partial charge in [0, 0.05) is 24.4 Å². The van der Waals surface area contributed by atoms with Crippen LogP contribution in [0, 0.1) is 19.8 Å². The van der Waals surface area contributed by atoms with Crippen molar-refractivity contribution in [1.82, 2.24) is 0 Å². The lowest BCUT2D eigenvalue weighted by Gasteiger charge is -2.35. The van der Waals surface area contributed by atoms with Gasteiger partial charge in [-0.25, -0.2) is 0 Å². The normalized spacial score (nSPS) is 22.5. The van der Waals surface area contributed by atoms with Crippen LogP contribution in [-0.2, 0) is 0 Å². The minimum absolute atomic E-state index is 0.194. The molecule has 1 N–H and O–H groups in total. The van der Waals surface area contributed by atoms with Crippen LogP contribution in [0.3, 0.4) is 0 Å². The molecule has 0 saturated carbocycles. The fourth-order valence-electron chi connectivity index (χ4n) is 3.30. The topological polar surface area (TPSA) is 23.5 Å². The van der Waals surface area contributed by atoms with Crippen molar-refractivity contribution in [3.8, 4) is 0 Å². The Morgan fingerprint density at radius 2 is 2.06 bits per heavy atom. The summed E-state index contributed by atoms with van der Waals surface area (Å²) in [6.45, 7) is 10.3. The molecular formula is C16H25NO. The van der Waals surface area contributed by atoms with Crippen LogP contribution in [0.5, 0.6) is 0 Å². The monoisotopic (exact) mass is 247 g/mol. The van der Waals surface area contributed by atoms with E-state index in [1.54, 1.807) is 0 Å². The summed E-state index contributed by atoms with van der Waals surface area (Å²) in [7, 11) is 0. The molecule has 0 amide bonds. The number of hydrogen-bond donors (Lipinski definition) is 1. The number of benzene rings is 1. The highest BCUT2D eigenvalue weighted by molar-refractivity contribution is 5.57. The zero-order valence-electron chi connectivity index (χ0n) is 12.0. The highest BCUT2D eigenvalue weighted by Crippen LogP contribution is 2.39. The lowest BCUT2D eigenvalue weighted by Crippen LogP contribution is -2.38. The SMILES string of the molecule is Cc1ccc(N2CC(CCO)CC2(C)C)c(C)c1. The number of aryl methyl sites for hydroxylation is 2. The molecule has 1 atom stereocenters. The van der Waals surface area contributed by atoms with Gasteiger partial charge in [-0.2, -0.15) is 0 Å². The number of hydrogen-bond acceptors (Lipinski definition) is 2. The van der Waals surface area contributed by atoms with E-state index in [1.165, 1.54) is 23.2 Å². The van der Waals surface area contributed by atoms with Gasteiger partial charge in [0.1, 0.15) is 0 Å². The van der Waals surface area contributed by atoms with Crippen molar-refractivity contribution in [3.63, 3.8) is 0 Å². The molecule has 1 aromatic carbocycles. The van der Waals surface area contributed by atoms with E-state index >= 15 is 0 Å². The fraction of sp³-hybridized carbons (Fsp3) is 0.625. The fourth-order valence-corrected chi connectivity index (χ4v) is 3.30. The van der Waals surface area contributed by atoms with E-state index in [4.69, 9.17) is 5.11 Å². The molecule has 2 rings (SSSR count). The second kappa shape index (κ2) is 4.93. The Bertz CT molecular complexity index is 425. The molecule has 1 aliphatic heterocycles. The van der Waals surface area contributed by atoms with Crippen molar-refractivity contribution >= 4 is 5.69 Å². The van der Waals surface area contributed by atoms with Gasteiger partial charge in [0.15, 0.2) is 0 Å². The average molecular weight is 247 g/mol. The number of aliphatic hydroxyl groups excluding tert-OH is 1. The van der Waals surface area contributed by atoms with Gasteiger partial charge in [-0.05, 0) is 58.1 Å². The summed E-state index contributed by atoms with van der Waals surface area (Å²) in [6.07, 6.45) is 2.09. The molecule has 1 heterocycles. The van der Waals surface area contributed by atoms with Crippen LogP contribution in [-0.4, -0.2) is 23.8 Å². The van der Waals surface area contributed by atoms with E-state index in [1.807, 2.05) is 0 Å². The third-order valence-electron chi connectivity index (χ3n) is 4.14. The number of rotatable bonds is 3. The maximum atomic E-state index is 9.13. The zero-order valence-corrected chi connectivity index (χ0v) is 12.0. The lowest BCUT2D eigenvalue weighted by atomic mass is 9.94. The van der Waals surface area contributed by atoms with Crippen LogP contribution in [0.1, 0.15) is 37.8 Å². The van der Waals surface area contributed by atoms with Crippen LogP contribution in [0.4, 0.5) is 5.69 Å². The van der Waals surface area contributed by atoms with Crippen molar-refractivity contribution in [2.24, 2.45) is 5.92 Å². The number of anilines is 1. The number of nitrogens with zero attached hydrogens (tertiary/aromatic N) is 1. The molecular weight excluding hydrogens is 222 g/mol. The molecule has 0 aliphatic carbocycles. The molecule has 0 bridgehead atoms. The second-order valence-corrected chi connectivity index (χ2v) is 6.30. The predicted octanol–water partition coefficient (Wildman–Crippen LogP) is 3.29. The van der Waals surface area contributed by atoms with Gasteiger partial charge in [0.2, 0.25) is 0 Å². The van der Waals surface area contributed by atoms with Gasteiger partial charge < -0.3 is 10.0 Å². The van der Waals surface area contributed by atoms with Crippen molar-refractivity contribution < 1.29 is 5.11 Å². The van der Waals surface area contributed by atoms with E-state index in [-0.39, 0.29) is 5.54 Å². The average Bonchev–Trinajstić information content (AvgIpc) is 2.54. The molecule has 2 heteroatoms. The third-order valence-corrected chi connectivity index (χ3v) is 4.14. The highest BCUT2D eigenvalue weighted by atomic mass is 16.3. The molecule has 1 aromatic rings. The van der Waals surface area contributed by atoms with Crippen molar-refractivity contribution in [3.05, 3.63) is 29.3 Å². The van der Waals surface area contributed by atoms with Crippen LogP contribution in [0.25, 0.3) is 0 Å². The van der Waals surface area contributed by atoms with Gasteiger partial charge >= 0.3 is 0 Å². The largest absolute Gasteiger partial charge is 0.396 e. The first-order chi connectivity index (χ1) is 8.44. The van der Waals surface area contributed by atoms with E-state index < -0.39 is 0 Å². The lowest BCUT2D eigenvalue weighted by molar-refractivity contribution is 0.259. The summed E-state index contributed by atoms with van der Waals surface area (Å²) < 4.78 is 0. The first kappa shape index (κ1) is 13.4. The molecule has 1 aliphatic rings. The molecule has 18 heavy (non-hydrogen) atoms. The van der Waals surface area contributed by atoms with E-state index in [0.717, 1.165) is 13.0 Å². The maximum Gasteiger partial charge on any atom is 0.0434 e. The van der Waals surface area contributed by atoms with Gasteiger partial charge in [-0.1, -0.05) is 17.7 Å². The Hall–Kier alpha value is -1.02. The highest BCUT2D eigenvalue weighted by Gasteiger charge is 2.38. The van der Waals surface area contributed by atoms with Crippen molar-refractivity contribution in [2.75, 3.05) is 18.1 Å². The van der Waals surface area contributed by atoms with Crippen LogP contribution in [0.2, 0.25) is 0 Å². The molecule has 2 nitrogen and oxygen atoms in total. The molecule has 1 unspecified atom stereocenters. The van der Waals surface area contributed by atoms with E-state index in [2.05, 4.69) is 50.8 Å². The minimum Gasteiger partial charge on any atom is -0.396 e. The Morgan fingerprint density at radius 3 is 2.67 bits per heavy atom. The first-order valence-corrected chi connectivity index (χ1v) is 6.90. The van der Waals surface area contributed by atoms with Crippen LogP contribution >= 0.6 is 0 Å². The van der Waals surface area contributed by atoms with Gasteiger partial charge in [0.25, 0.3) is 0 Å². The Balaban J connectivity index is 2.26. The summed E-state index contributed by atoms with van der Waals surface area (Å²) in [5.74, 6) is 0.616.